The second kappa shape index (κ2) is 6.23. The van der Waals surface area contributed by atoms with E-state index in [1.54, 1.807) is 12.1 Å². The smallest absolute Gasteiger partial charge is 0.123 e. The summed E-state index contributed by atoms with van der Waals surface area (Å²) >= 11 is 0. The predicted molar refractivity (Wildman–Crippen MR) is 84.7 cm³/mol. The standard InChI is InChI=1S/C19H16FN/c20-17-11-13-18(14-12-17)21-19(15-7-3-1-4-8-15)16-9-5-2-6-10-16/h1-14,19,21H. The van der Waals surface area contributed by atoms with E-state index in [-0.39, 0.29) is 11.9 Å². The van der Waals surface area contributed by atoms with Crippen LogP contribution in [0.15, 0.2) is 84.9 Å². The summed E-state index contributed by atoms with van der Waals surface area (Å²) in [5.74, 6) is -0.225. The lowest BCUT2D eigenvalue weighted by Crippen LogP contribution is -2.12. The van der Waals surface area contributed by atoms with Crippen LogP contribution in [-0.2, 0) is 0 Å². The molecule has 0 unspecified atom stereocenters. The molecule has 0 aliphatic carbocycles. The molecule has 3 aromatic carbocycles. The van der Waals surface area contributed by atoms with E-state index >= 15 is 0 Å². The van der Waals surface area contributed by atoms with E-state index in [0.717, 1.165) is 5.69 Å². The molecule has 0 atom stereocenters. The lowest BCUT2D eigenvalue weighted by Gasteiger charge is -2.21. The van der Waals surface area contributed by atoms with Gasteiger partial charge in [-0.1, -0.05) is 60.7 Å². The van der Waals surface area contributed by atoms with Gasteiger partial charge in [0.25, 0.3) is 0 Å². The van der Waals surface area contributed by atoms with Crippen LogP contribution in [0.4, 0.5) is 10.1 Å². The van der Waals surface area contributed by atoms with E-state index in [4.69, 9.17) is 0 Å². The number of anilines is 1. The first-order valence-electron chi connectivity index (χ1n) is 6.95. The Labute approximate surface area is 124 Å². The average Bonchev–Trinajstić information content (AvgIpc) is 2.56. The molecule has 0 fully saturated rings. The molecule has 104 valence electrons. The van der Waals surface area contributed by atoms with E-state index < -0.39 is 0 Å². The molecule has 0 radical (unpaired) electrons. The van der Waals surface area contributed by atoms with Gasteiger partial charge in [-0.3, -0.25) is 0 Å². The summed E-state index contributed by atoms with van der Waals surface area (Å²) in [7, 11) is 0. The van der Waals surface area contributed by atoms with Crippen molar-refractivity contribution in [3.05, 3.63) is 102 Å². The van der Waals surface area contributed by atoms with E-state index in [0.29, 0.717) is 0 Å². The molecule has 0 bridgehead atoms. The Bertz CT molecular complexity index is 638. The van der Waals surface area contributed by atoms with Gasteiger partial charge in [0.05, 0.1) is 6.04 Å². The molecule has 2 heteroatoms. The van der Waals surface area contributed by atoms with Crippen LogP contribution in [0.3, 0.4) is 0 Å². The topological polar surface area (TPSA) is 12.0 Å². The Kier molecular flexibility index (Phi) is 3.97. The maximum absolute atomic E-state index is 13.0. The minimum Gasteiger partial charge on any atom is -0.374 e. The summed E-state index contributed by atoms with van der Waals surface area (Å²) in [5, 5.41) is 3.47. The lowest BCUT2D eigenvalue weighted by molar-refractivity contribution is 0.628. The molecular formula is C19H16FN. The fraction of sp³-hybridized carbons (Fsp3) is 0.0526. The van der Waals surface area contributed by atoms with Gasteiger partial charge in [0.2, 0.25) is 0 Å². The van der Waals surface area contributed by atoms with Gasteiger partial charge < -0.3 is 5.32 Å². The Balaban J connectivity index is 1.95. The molecule has 1 nitrogen and oxygen atoms in total. The van der Waals surface area contributed by atoms with Gasteiger partial charge >= 0.3 is 0 Å². The van der Waals surface area contributed by atoms with Crippen LogP contribution in [0.1, 0.15) is 17.2 Å². The normalized spacial score (nSPS) is 10.6. The zero-order valence-corrected chi connectivity index (χ0v) is 11.5. The largest absolute Gasteiger partial charge is 0.374 e. The first kappa shape index (κ1) is 13.4. The zero-order valence-electron chi connectivity index (χ0n) is 11.5. The van der Waals surface area contributed by atoms with Crippen LogP contribution in [0, 0.1) is 5.82 Å². The fourth-order valence-electron chi connectivity index (χ4n) is 2.36. The number of nitrogens with one attached hydrogen (secondary N) is 1. The molecule has 3 aromatic rings. The number of hydrogen-bond acceptors (Lipinski definition) is 1. The third kappa shape index (κ3) is 3.29. The highest BCUT2D eigenvalue weighted by atomic mass is 19.1. The Morgan fingerprint density at radius 2 is 1.10 bits per heavy atom. The number of hydrogen-bond donors (Lipinski definition) is 1. The summed E-state index contributed by atoms with van der Waals surface area (Å²) in [6.45, 7) is 0. The Morgan fingerprint density at radius 3 is 1.57 bits per heavy atom. The van der Waals surface area contributed by atoms with E-state index in [1.807, 2.05) is 36.4 Å². The van der Waals surface area contributed by atoms with Crippen LogP contribution in [-0.4, -0.2) is 0 Å². The molecule has 21 heavy (non-hydrogen) atoms. The highest BCUT2D eigenvalue weighted by Gasteiger charge is 2.13. The van der Waals surface area contributed by atoms with Gasteiger partial charge in [-0.05, 0) is 35.4 Å². The predicted octanol–water partition coefficient (Wildman–Crippen LogP) is 5.03. The van der Waals surface area contributed by atoms with Gasteiger partial charge in [-0.25, -0.2) is 4.39 Å². The lowest BCUT2D eigenvalue weighted by atomic mass is 9.98. The molecule has 0 aliphatic heterocycles. The second-order valence-corrected chi connectivity index (χ2v) is 4.91. The molecule has 0 aromatic heterocycles. The van der Waals surface area contributed by atoms with Crippen molar-refractivity contribution in [3.63, 3.8) is 0 Å². The molecule has 0 heterocycles. The molecule has 1 N–H and O–H groups in total. The third-order valence-corrected chi connectivity index (χ3v) is 3.42. The number of benzene rings is 3. The van der Waals surface area contributed by atoms with Crippen molar-refractivity contribution in [1.82, 2.24) is 0 Å². The van der Waals surface area contributed by atoms with Crippen LogP contribution >= 0.6 is 0 Å². The highest BCUT2D eigenvalue weighted by molar-refractivity contribution is 5.49. The fourth-order valence-corrected chi connectivity index (χ4v) is 2.36. The summed E-state index contributed by atoms with van der Waals surface area (Å²) in [4.78, 5) is 0. The van der Waals surface area contributed by atoms with Crippen molar-refractivity contribution in [1.29, 1.82) is 0 Å². The van der Waals surface area contributed by atoms with Crippen molar-refractivity contribution in [2.24, 2.45) is 0 Å². The van der Waals surface area contributed by atoms with Crippen molar-refractivity contribution < 1.29 is 4.39 Å². The van der Waals surface area contributed by atoms with Crippen molar-refractivity contribution in [2.45, 2.75) is 6.04 Å². The van der Waals surface area contributed by atoms with Crippen LogP contribution < -0.4 is 5.32 Å². The van der Waals surface area contributed by atoms with Crippen molar-refractivity contribution in [2.75, 3.05) is 5.32 Å². The first-order valence-corrected chi connectivity index (χ1v) is 6.95. The van der Waals surface area contributed by atoms with Gasteiger partial charge in [0.1, 0.15) is 5.82 Å². The van der Waals surface area contributed by atoms with Crippen LogP contribution in [0.2, 0.25) is 0 Å². The first-order chi connectivity index (χ1) is 10.3. The third-order valence-electron chi connectivity index (χ3n) is 3.42. The quantitative estimate of drug-likeness (QED) is 0.705. The molecule has 0 amide bonds. The highest BCUT2D eigenvalue weighted by Crippen LogP contribution is 2.26. The number of halogens is 1. The maximum Gasteiger partial charge on any atom is 0.123 e. The molecule has 0 aliphatic rings. The van der Waals surface area contributed by atoms with Crippen molar-refractivity contribution in [3.8, 4) is 0 Å². The molecule has 0 saturated heterocycles. The van der Waals surface area contributed by atoms with Gasteiger partial charge in [0.15, 0.2) is 0 Å². The molecule has 3 rings (SSSR count). The van der Waals surface area contributed by atoms with Crippen LogP contribution in [0.25, 0.3) is 0 Å². The van der Waals surface area contributed by atoms with E-state index in [9.17, 15) is 4.39 Å². The Morgan fingerprint density at radius 1 is 0.619 bits per heavy atom. The van der Waals surface area contributed by atoms with E-state index in [2.05, 4.69) is 29.6 Å². The number of rotatable bonds is 4. The molecule has 0 saturated carbocycles. The maximum atomic E-state index is 13.0. The molecule has 0 spiro atoms. The minimum atomic E-state index is -0.225. The monoisotopic (exact) mass is 277 g/mol. The zero-order chi connectivity index (χ0) is 14.5. The van der Waals surface area contributed by atoms with E-state index in [1.165, 1.54) is 23.3 Å². The van der Waals surface area contributed by atoms with Gasteiger partial charge in [-0.15, -0.1) is 0 Å². The SMILES string of the molecule is Fc1ccc(NC(c2ccccc2)c2ccccc2)cc1. The van der Waals surface area contributed by atoms with Crippen molar-refractivity contribution >= 4 is 5.69 Å². The Hall–Kier alpha value is -2.61. The van der Waals surface area contributed by atoms with Gasteiger partial charge in [-0.2, -0.15) is 0 Å². The van der Waals surface area contributed by atoms with Crippen LogP contribution in [0.5, 0.6) is 0 Å². The average molecular weight is 277 g/mol. The summed E-state index contributed by atoms with van der Waals surface area (Å²) in [5.41, 5.74) is 3.25. The summed E-state index contributed by atoms with van der Waals surface area (Å²) in [6, 6.07) is 27.0. The summed E-state index contributed by atoms with van der Waals surface area (Å²) in [6.07, 6.45) is 0. The second-order valence-electron chi connectivity index (χ2n) is 4.91. The minimum absolute atomic E-state index is 0.0397. The molecular weight excluding hydrogens is 261 g/mol. The summed E-state index contributed by atoms with van der Waals surface area (Å²) < 4.78 is 13.0. The van der Waals surface area contributed by atoms with Gasteiger partial charge in [0, 0.05) is 5.69 Å².